The van der Waals surface area contributed by atoms with Crippen molar-refractivity contribution >= 4 is 11.9 Å². The van der Waals surface area contributed by atoms with Crippen LogP contribution in [-0.2, 0) is 19.1 Å². The van der Waals surface area contributed by atoms with Crippen molar-refractivity contribution in [2.75, 3.05) is 47.9 Å². The van der Waals surface area contributed by atoms with Crippen LogP contribution in [0, 0.1) is 0 Å². The molecule has 0 aliphatic heterocycles. The smallest absolute Gasteiger partial charge is 0.306 e. The van der Waals surface area contributed by atoms with Crippen LogP contribution in [0.25, 0.3) is 0 Å². The number of nitrogens with one attached hydrogen (secondary N) is 1. The third-order valence-corrected chi connectivity index (χ3v) is 9.29. The van der Waals surface area contributed by atoms with Crippen molar-refractivity contribution in [1.82, 2.24) is 10.2 Å². The molecule has 0 atom stereocenters. The van der Waals surface area contributed by atoms with Gasteiger partial charge >= 0.3 is 11.9 Å². The first kappa shape index (κ1) is 63.7. The fraction of sp³-hybridized carbons (Fsp3) is 0.918. The highest BCUT2D eigenvalue weighted by atomic mass is 16.5. The van der Waals surface area contributed by atoms with Gasteiger partial charge in [0.05, 0.1) is 6.61 Å². The average Bonchev–Trinajstić information content (AvgIpc) is 3.20. The molecule has 340 valence electrons. The second kappa shape index (κ2) is 62.7. The number of esters is 2. The molecule has 0 radical (unpaired) electrons. The molecular formula is C49H105N3O4. The summed E-state index contributed by atoms with van der Waals surface area (Å²) in [7, 11) is 7.50. The summed E-state index contributed by atoms with van der Waals surface area (Å²) in [6, 6.07) is 0. The van der Waals surface area contributed by atoms with E-state index < -0.39 is 0 Å². The summed E-state index contributed by atoms with van der Waals surface area (Å²) in [5.74, 6) is 0.0217. The molecule has 0 bridgehead atoms. The third kappa shape index (κ3) is 67.3. The summed E-state index contributed by atoms with van der Waals surface area (Å²) in [5, 5.41) is 3.58. The zero-order valence-corrected chi connectivity index (χ0v) is 39.9. The van der Waals surface area contributed by atoms with E-state index in [9.17, 15) is 9.59 Å². The molecule has 0 aromatic carbocycles. The van der Waals surface area contributed by atoms with Crippen LogP contribution in [0.15, 0.2) is 13.2 Å². The number of hydrogen-bond donors (Lipinski definition) is 2. The highest BCUT2D eigenvalue weighted by Crippen LogP contribution is 2.18. The fourth-order valence-corrected chi connectivity index (χ4v) is 6.18. The minimum Gasteiger partial charge on any atom is -0.466 e. The van der Waals surface area contributed by atoms with Crippen molar-refractivity contribution in [3.05, 3.63) is 13.2 Å². The molecule has 7 heteroatoms. The van der Waals surface area contributed by atoms with Crippen LogP contribution in [-0.4, -0.2) is 70.8 Å². The molecule has 3 N–H and O–H groups in total. The Bertz CT molecular complexity index is 674. The molecule has 0 rings (SSSR count). The number of carbonyl (C=O) groups excluding carboxylic acids is 2. The second-order valence-corrected chi connectivity index (χ2v) is 15.3. The molecule has 0 aliphatic rings. The zero-order valence-electron chi connectivity index (χ0n) is 39.9. The topological polar surface area (TPSA) is 93.9 Å². The first-order chi connectivity index (χ1) is 27.4. The standard InChI is InChI=1S/C41H81NO4.C3H9N.C2H6.C2H4.CH5N/c1-4-7-10-13-18-25-32-39(33-26-19-14-11-8-5-2)46-41(44)35-28-21-17-23-30-37-42-36-29-22-16-20-27-34-40(43)45-38-31-24-15-12-9-6-3;1-4(2)3;3*1-2/h39,42H,4-38H2,1-3H3;1-3H3;1-2H3;1-2H2;2H2,1H3. The predicted molar refractivity (Wildman–Crippen MR) is 251 cm³/mol. The van der Waals surface area contributed by atoms with E-state index in [4.69, 9.17) is 9.47 Å². The number of hydrogen-bond acceptors (Lipinski definition) is 7. The van der Waals surface area contributed by atoms with Crippen LogP contribution in [0.1, 0.15) is 240 Å². The SMILES string of the molecule is C=C.CC.CCCCCCCCOC(=O)CCCCCCCNCCCCCCCC(=O)OC(CCCCCCCC)CCCCCCCC.CN.CN(C)C. The number of unbranched alkanes of at least 4 members (excludes halogenated alkanes) is 23. The summed E-state index contributed by atoms with van der Waals surface area (Å²) >= 11 is 0. The predicted octanol–water partition coefficient (Wildman–Crippen LogP) is 14.2. The second-order valence-electron chi connectivity index (χ2n) is 15.3. The van der Waals surface area contributed by atoms with Gasteiger partial charge in [-0.2, -0.15) is 0 Å². The van der Waals surface area contributed by atoms with E-state index in [0.717, 1.165) is 58.0 Å². The van der Waals surface area contributed by atoms with Crippen LogP contribution < -0.4 is 11.1 Å². The van der Waals surface area contributed by atoms with Gasteiger partial charge in [0, 0.05) is 12.8 Å². The van der Waals surface area contributed by atoms with Crippen molar-refractivity contribution in [3.8, 4) is 0 Å². The van der Waals surface area contributed by atoms with Crippen molar-refractivity contribution in [1.29, 1.82) is 0 Å². The highest BCUT2D eigenvalue weighted by molar-refractivity contribution is 5.69. The number of rotatable bonds is 38. The minimum atomic E-state index is -0.0126. The minimum absolute atomic E-state index is 0.0126. The molecule has 0 amide bonds. The number of ether oxygens (including phenoxy) is 2. The van der Waals surface area contributed by atoms with E-state index in [-0.39, 0.29) is 18.0 Å². The lowest BCUT2D eigenvalue weighted by atomic mass is 10.0. The van der Waals surface area contributed by atoms with Gasteiger partial charge in [-0.25, -0.2) is 0 Å². The lowest BCUT2D eigenvalue weighted by Crippen LogP contribution is -2.18. The van der Waals surface area contributed by atoms with Crippen LogP contribution in [0.2, 0.25) is 0 Å². The molecule has 0 fully saturated rings. The molecule has 0 aliphatic carbocycles. The molecule has 0 unspecified atom stereocenters. The van der Waals surface area contributed by atoms with Crippen molar-refractivity contribution in [2.24, 2.45) is 5.73 Å². The third-order valence-electron chi connectivity index (χ3n) is 9.29. The van der Waals surface area contributed by atoms with Gasteiger partial charge in [0.1, 0.15) is 6.10 Å². The Balaban J connectivity index is -0.000000784. The Morgan fingerprint density at radius 1 is 0.500 bits per heavy atom. The summed E-state index contributed by atoms with van der Waals surface area (Å²) in [6.07, 6.45) is 37.8. The summed E-state index contributed by atoms with van der Waals surface area (Å²) in [4.78, 5) is 26.4. The van der Waals surface area contributed by atoms with Crippen LogP contribution in [0.3, 0.4) is 0 Å². The van der Waals surface area contributed by atoms with Gasteiger partial charge in [-0.15, -0.1) is 13.2 Å². The van der Waals surface area contributed by atoms with E-state index in [1.54, 1.807) is 0 Å². The quantitative estimate of drug-likeness (QED) is 0.0365. The Morgan fingerprint density at radius 2 is 0.804 bits per heavy atom. The molecule has 0 aromatic rings. The number of nitrogens with two attached hydrogens (primary N) is 1. The van der Waals surface area contributed by atoms with Crippen molar-refractivity contribution in [3.63, 3.8) is 0 Å². The Hall–Kier alpha value is -1.44. The van der Waals surface area contributed by atoms with E-state index in [2.05, 4.69) is 45.0 Å². The van der Waals surface area contributed by atoms with Crippen LogP contribution in [0.5, 0.6) is 0 Å². The number of nitrogens with zero attached hydrogens (tertiary/aromatic N) is 1. The van der Waals surface area contributed by atoms with Crippen molar-refractivity contribution in [2.45, 2.75) is 246 Å². The summed E-state index contributed by atoms with van der Waals surface area (Å²) in [5.41, 5.74) is 4.50. The Labute approximate surface area is 353 Å². The normalized spacial score (nSPS) is 10.3. The average molecular weight is 800 g/mol. The van der Waals surface area contributed by atoms with Crippen LogP contribution >= 0.6 is 0 Å². The van der Waals surface area contributed by atoms with Gasteiger partial charge in [-0.05, 0) is 99.1 Å². The van der Waals surface area contributed by atoms with Crippen molar-refractivity contribution < 1.29 is 19.1 Å². The Morgan fingerprint density at radius 3 is 1.20 bits per heavy atom. The van der Waals surface area contributed by atoms with E-state index in [1.807, 2.05) is 39.9 Å². The summed E-state index contributed by atoms with van der Waals surface area (Å²) < 4.78 is 11.4. The molecule has 0 saturated carbocycles. The lowest BCUT2D eigenvalue weighted by molar-refractivity contribution is -0.150. The largest absolute Gasteiger partial charge is 0.466 e. The Kier molecular flexibility index (Phi) is 71.4. The molecular weight excluding hydrogens is 695 g/mol. The highest BCUT2D eigenvalue weighted by Gasteiger charge is 2.14. The monoisotopic (exact) mass is 800 g/mol. The van der Waals surface area contributed by atoms with Crippen LogP contribution in [0.4, 0.5) is 0 Å². The van der Waals surface area contributed by atoms with Gasteiger partial charge in [0.2, 0.25) is 0 Å². The zero-order chi connectivity index (χ0) is 43.2. The molecule has 56 heavy (non-hydrogen) atoms. The molecule has 0 aromatic heterocycles. The number of carbonyl (C=O) groups is 2. The lowest BCUT2D eigenvalue weighted by Gasteiger charge is -2.18. The van der Waals surface area contributed by atoms with Gasteiger partial charge in [-0.1, -0.05) is 169 Å². The molecule has 7 nitrogen and oxygen atoms in total. The summed E-state index contributed by atoms with van der Waals surface area (Å²) in [6.45, 7) is 19.5. The molecule has 0 heterocycles. The van der Waals surface area contributed by atoms with E-state index in [1.165, 1.54) is 155 Å². The van der Waals surface area contributed by atoms with E-state index in [0.29, 0.717) is 19.4 Å². The van der Waals surface area contributed by atoms with Gasteiger partial charge in [-0.3, -0.25) is 9.59 Å². The fourth-order valence-electron chi connectivity index (χ4n) is 6.18. The first-order valence-electron chi connectivity index (χ1n) is 24.1. The maximum absolute atomic E-state index is 12.6. The first-order valence-corrected chi connectivity index (χ1v) is 24.1. The molecule has 0 saturated heterocycles. The van der Waals surface area contributed by atoms with Gasteiger partial charge < -0.3 is 25.4 Å². The maximum Gasteiger partial charge on any atom is 0.306 e. The van der Waals surface area contributed by atoms with E-state index >= 15 is 0 Å². The van der Waals surface area contributed by atoms with Gasteiger partial charge in [0.25, 0.3) is 0 Å². The van der Waals surface area contributed by atoms with Gasteiger partial charge in [0.15, 0.2) is 0 Å². The molecule has 0 spiro atoms. The maximum atomic E-state index is 12.6.